The normalized spacial score (nSPS) is 9.80. The van der Waals surface area contributed by atoms with Crippen molar-refractivity contribution in [2.45, 2.75) is 6.61 Å². The van der Waals surface area contributed by atoms with Crippen molar-refractivity contribution >= 4 is 5.84 Å². The number of nitrogens with one attached hydrogen (secondary N) is 1. The lowest BCUT2D eigenvalue weighted by molar-refractivity contribution is 0.304. The van der Waals surface area contributed by atoms with Crippen LogP contribution in [0.25, 0.3) is 0 Å². The van der Waals surface area contributed by atoms with Crippen LogP contribution < -0.4 is 10.5 Å². The molecule has 0 heterocycles. The Hall–Kier alpha value is -2.87. The average molecular weight is 269 g/mol. The van der Waals surface area contributed by atoms with E-state index in [0.29, 0.717) is 16.9 Å². The number of ether oxygens (including phenoxy) is 1. The smallest absolute Gasteiger partial charge is 0.137 e. The number of rotatable bonds is 4. The largest absolute Gasteiger partial charge is 0.488 e. The molecule has 2 aromatic rings. The number of hydrogen-bond donors (Lipinski definition) is 2. The van der Waals surface area contributed by atoms with Crippen molar-refractivity contribution in [2.24, 2.45) is 5.73 Å². The Kier molecular flexibility index (Phi) is 3.96. The number of amidine groups is 1. The molecule has 0 aliphatic heterocycles. The summed E-state index contributed by atoms with van der Waals surface area (Å²) in [7, 11) is 0. The number of nitriles is 1. The lowest BCUT2D eigenvalue weighted by Gasteiger charge is -2.09. The number of nitrogens with zero attached hydrogens (tertiary/aromatic N) is 1. The molecule has 0 aliphatic rings. The third-order valence-corrected chi connectivity index (χ3v) is 2.69. The fourth-order valence-electron chi connectivity index (χ4n) is 1.70. The Morgan fingerprint density at radius 3 is 2.75 bits per heavy atom. The van der Waals surface area contributed by atoms with Gasteiger partial charge in [0, 0.05) is 5.56 Å². The lowest BCUT2D eigenvalue weighted by atomic mass is 10.1. The van der Waals surface area contributed by atoms with Crippen LogP contribution in [-0.2, 0) is 6.61 Å². The van der Waals surface area contributed by atoms with Crippen LogP contribution in [-0.4, -0.2) is 5.84 Å². The Labute approximate surface area is 115 Å². The molecule has 3 N–H and O–H groups in total. The van der Waals surface area contributed by atoms with Crippen LogP contribution in [0, 0.1) is 22.6 Å². The molecule has 0 spiro atoms. The summed E-state index contributed by atoms with van der Waals surface area (Å²) in [6, 6.07) is 12.7. The highest BCUT2D eigenvalue weighted by Gasteiger charge is 2.07. The first-order valence-corrected chi connectivity index (χ1v) is 5.86. The van der Waals surface area contributed by atoms with Crippen molar-refractivity contribution in [2.75, 3.05) is 0 Å². The van der Waals surface area contributed by atoms with Crippen molar-refractivity contribution in [3.8, 4) is 11.8 Å². The molecule has 0 saturated carbocycles. The van der Waals surface area contributed by atoms with E-state index in [1.165, 1.54) is 18.2 Å². The summed E-state index contributed by atoms with van der Waals surface area (Å²) in [6.07, 6.45) is 0. The Morgan fingerprint density at radius 1 is 1.30 bits per heavy atom. The van der Waals surface area contributed by atoms with Crippen molar-refractivity contribution < 1.29 is 9.13 Å². The van der Waals surface area contributed by atoms with Crippen LogP contribution in [0.4, 0.5) is 4.39 Å². The number of nitrogens with two attached hydrogens (primary N) is 1. The Morgan fingerprint density at radius 2 is 2.10 bits per heavy atom. The van der Waals surface area contributed by atoms with Gasteiger partial charge in [-0.15, -0.1) is 0 Å². The molecule has 0 radical (unpaired) electrons. The number of benzene rings is 2. The fraction of sp³-hybridized carbons (Fsp3) is 0.0667. The van der Waals surface area contributed by atoms with Crippen LogP contribution in [0.5, 0.6) is 5.75 Å². The summed E-state index contributed by atoms with van der Waals surface area (Å²) < 4.78 is 18.5. The van der Waals surface area contributed by atoms with E-state index in [9.17, 15) is 4.39 Å². The molecule has 0 amide bonds. The quantitative estimate of drug-likeness (QED) is 0.661. The monoisotopic (exact) mass is 269 g/mol. The highest BCUT2D eigenvalue weighted by atomic mass is 19.1. The number of halogens is 1. The summed E-state index contributed by atoms with van der Waals surface area (Å²) in [5.41, 5.74) is 6.78. The molecular formula is C15H12FN3O. The van der Waals surface area contributed by atoms with Gasteiger partial charge in [-0.1, -0.05) is 12.1 Å². The minimum atomic E-state index is -0.335. The van der Waals surface area contributed by atoms with Crippen LogP contribution in [0.1, 0.15) is 16.7 Å². The third kappa shape index (κ3) is 3.12. The molecule has 0 saturated heterocycles. The summed E-state index contributed by atoms with van der Waals surface area (Å²) in [4.78, 5) is 0. The second-order valence-corrected chi connectivity index (χ2v) is 4.16. The van der Waals surface area contributed by atoms with Gasteiger partial charge >= 0.3 is 0 Å². The molecule has 0 aliphatic carbocycles. The van der Waals surface area contributed by atoms with Crippen molar-refractivity contribution in [1.29, 1.82) is 10.7 Å². The summed E-state index contributed by atoms with van der Waals surface area (Å²) in [5.74, 6) is -0.0709. The van der Waals surface area contributed by atoms with Crippen LogP contribution in [0.15, 0.2) is 42.5 Å². The van der Waals surface area contributed by atoms with E-state index >= 15 is 0 Å². The maximum atomic E-state index is 13.0. The number of nitrogen functional groups attached to an aromatic ring is 1. The predicted octanol–water partition coefficient (Wildman–Crippen LogP) is 2.56. The van der Waals surface area contributed by atoms with Gasteiger partial charge in [0.2, 0.25) is 0 Å². The van der Waals surface area contributed by atoms with E-state index in [4.69, 9.17) is 21.1 Å². The molecule has 0 fully saturated rings. The lowest BCUT2D eigenvalue weighted by Crippen LogP contribution is -2.11. The Bertz CT molecular complexity index is 692. The van der Waals surface area contributed by atoms with E-state index < -0.39 is 0 Å². The van der Waals surface area contributed by atoms with Crippen molar-refractivity contribution in [1.82, 2.24) is 0 Å². The van der Waals surface area contributed by atoms with E-state index in [1.54, 1.807) is 24.3 Å². The van der Waals surface area contributed by atoms with Crippen LogP contribution in [0.2, 0.25) is 0 Å². The van der Waals surface area contributed by atoms with Crippen molar-refractivity contribution in [3.63, 3.8) is 0 Å². The van der Waals surface area contributed by atoms with Gasteiger partial charge in [-0.25, -0.2) is 4.39 Å². The van der Waals surface area contributed by atoms with Crippen molar-refractivity contribution in [3.05, 3.63) is 65.0 Å². The first-order valence-electron chi connectivity index (χ1n) is 5.86. The van der Waals surface area contributed by atoms with E-state index in [0.717, 1.165) is 0 Å². The minimum Gasteiger partial charge on any atom is -0.488 e. The first kappa shape index (κ1) is 13.6. The molecule has 2 rings (SSSR count). The second-order valence-electron chi connectivity index (χ2n) is 4.16. The summed E-state index contributed by atoms with van der Waals surface area (Å²) in [5, 5.41) is 16.4. The third-order valence-electron chi connectivity index (χ3n) is 2.69. The molecule has 4 nitrogen and oxygen atoms in total. The topological polar surface area (TPSA) is 82.9 Å². The first-order chi connectivity index (χ1) is 9.60. The minimum absolute atomic E-state index is 0.113. The van der Waals surface area contributed by atoms with Gasteiger partial charge in [0.15, 0.2) is 0 Å². The summed E-state index contributed by atoms with van der Waals surface area (Å²) >= 11 is 0. The van der Waals surface area contributed by atoms with Gasteiger partial charge in [-0.05, 0) is 35.9 Å². The molecule has 0 unspecified atom stereocenters. The molecule has 5 heteroatoms. The van der Waals surface area contributed by atoms with Gasteiger partial charge < -0.3 is 10.5 Å². The van der Waals surface area contributed by atoms with Gasteiger partial charge in [-0.2, -0.15) is 5.26 Å². The predicted molar refractivity (Wildman–Crippen MR) is 72.9 cm³/mol. The Balaban J connectivity index is 2.18. The highest BCUT2D eigenvalue weighted by molar-refractivity contribution is 5.95. The second kappa shape index (κ2) is 5.85. The van der Waals surface area contributed by atoms with Gasteiger partial charge in [0.05, 0.1) is 5.56 Å². The number of hydrogen-bond acceptors (Lipinski definition) is 3. The molecule has 0 aromatic heterocycles. The zero-order valence-corrected chi connectivity index (χ0v) is 10.6. The maximum Gasteiger partial charge on any atom is 0.137 e. The van der Waals surface area contributed by atoms with Gasteiger partial charge in [0.25, 0.3) is 0 Å². The zero-order chi connectivity index (χ0) is 14.5. The fourth-order valence-corrected chi connectivity index (χ4v) is 1.70. The molecule has 20 heavy (non-hydrogen) atoms. The van der Waals surface area contributed by atoms with Gasteiger partial charge in [0.1, 0.15) is 30.1 Å². The summed E-state index contributed by atoms with van der Waals surface area (Å²) in [6.45, 7) is 0.159. The molecule has 0 bridgehead atoms. The molecule has 2 aromatic carbocycles. The molecular weight excluding hydrogens is 257 g/mol. The van der Waals surface area contributed by atoms with Crippen LogP contribution in [0.3, 0.4) is 0 Å². The van der Waals surface area contributed by atoms with Gasteiger partial charge in [-0.3, -0.25) is 5.41 Å². The van der Waals surface area contributed by atoms with E-state index in [2.05, 4.69) is 0 Å². The van der Waals surface area contributed by atoms with E-state index in [-0.39, 0.29) is 23.8 Å². The highest BCUT2D eigenvalue weighted by Crippen LogP contribution is 2.20. The zero-order valence-electron chi connectivity index (χ0n) is 10.6. The standard InChI is InChI=1S/C15H12FN3O/c16-13-3-1-2-10(6-13)9-20-14-5-4-11(15(18)19)7-12(14)8-17/h1-7H,9H2,(H3,18,19). The SMILES string of the molecule is N#Cc1cc(C(=N)N)ccc1OCc1cccc(F)c1. The van der Waals surface area contributed by atoms with E-state index in [1.807, 2.05) is 6.07 Å². The molecule has 100 valence electrons. The maximum absolute atomic E-state index is 13.0. The molecule has 0 atom stereocenters. The average Bonchev–Trinajstić information content (AvgIpc) is 2.45. The van der Waals surface area contributed by atoms with Crippen LogP contribution >= 0.6 is 0 Å².